The molecule has 21 heavy (non-hydrogen) atoms. The molecule has 0 aliphatic heterocycles. The van der Waals surface area contributed by atoms with Crippen molar-refractivity contribution in [2.24, 2.45) is 0 Å². The SMILES string of the molecule is CCNC(C)(C#N)CCCCOCCCc1ccccc1. The highest BCUT2D eigenvalue weighted by atomic mass is 16.5. The van der Waals surface area contributed by atoms with E-state index in [-0.39, 0.29) is 5.54 Å². The van der Waals surface area contributed by atoms with E-state index in [1.165, 1.54) is 5.56 Å². The highest BCUT2D eigenvalue weighted by molar-refractivity contribution is 5.14. The van der Waals surface area contributed by atoms with E-state index in [1.54, 1.807) is 0 Å². The van der Waals surface area contributed by atoms with Crippen LogP contribution in [0.2, 0.25) is 0 Å². The predicted molar refractivity (Wildman–Crippen MR) is 87.1 cm³/mol. The number of aryl methyl sites for hydroxylation is 1. The molecule has 1 aromatic rings. The molecule has 0 aliphatic carbocycles. The zero-order valence-electron chi connectivity index (χ0n) is 13.4. The maximum Gasteiger partial charge on any atom is 0.103 e. The molecule has 0 heterocycles. The summed E-state index contributed by atoms with van der Waals surface area (Å²) in [5.74, 6) is 0. The summed E-state index contributed by atoms with van der Waals surface area (Å²) < 4.78 is 5.66. The molecule has 0 radical (unpaired) electrons. The Labute approximate surface area is 129 Å². The van der Waals surface area contributed by atoms with Crippen molar-refractivity contribution in [3.63, 3.8) is 0 Å². The molecular weight excluding hydrogens is 260 g/mol. The number of benzene rings is 1. The lowest BCUT2D eigenvalue weighted by atomic mass is 9.97. The fraction of sp³-hybridized carbons (Fsp3) is 0.611. The van der Waals surface area contributed by atoms with Gasteiger partial charge in [-0.05, 0) is 51.1 Å². The van der Waals surface area contributed by atoms with Gasteiger partial charge < -0.3 is 4.74 Å². The Hall–Kier alpha value is -1.37. The van der Waals surface area contributed by atoms with Gasteiger partial charge in [-0.25, -0.2) is 0 Å². The van der Waals surface area contributed by atoms with Gasteiger partial charge in [-0.2, -0.15) is 5.26 Å². The summed E-state index contributed by atoms with van der Waals surface area (Å²) in [4.78, 5) is 0. The fourth-order valence-electron chi connectivity index (χ4n) is 2.38. The number of nitrogens with one attached hydrogen (secondary N) is 1. The van der Waals surface area contributed by atoms with E-state index in [9.17, 15) is 0 Å². The van der Waals surface area contributed by atoms with Crippen LogP contribution in [0.3, 0.4) is 0 Å². The first-order valence-electron chi connectivity index (χ1n) is 7.98. The molecule has 0 aliphatic rings. The summed E-state index contributed by atoms with van der Waals surface area (Å²) in [6.45, 7) is 6.45. The topological polar surface area (TPSA) is 45.0 Å². The molecule has 1 N–H and O–H groups in total. The third-order valence-corrected chi connectivity index (χ3v) is 3.63. The Kier molecular flexibility index (Phi) is 8.73. The smallest absolute Gasteiger partial charge is 0.103 e. The predicted octanol–water partition coefficient (Wildman–Crippen LogP) is 3.70. The number of unbranched alkanes of at least 4 members (excludes halogenated alkanes) is 1. The van der Waals surface area contributed by atoms with Crippen molar-refractivity contribution in [3.05, 3.63) is 35.9 Å². The quantitative estimate of drug-likeness (QED) is 0.631. The number of hydrogen-bond acceptors (Lipinski definition) is 3. The summed E-state index contributed by atoms with van der Waals surface area (Å²) in [7, 11) is 0. The van der Waals surface area contributed by atoms with Crippen LogP contribution in [0.4, 0.5) is 0 Å². The largest absolute Gasteiger partial charge is 0.381 e. The van der Waals surface area contributed by atoms with Crippen LogP contribution in [0.15, 0.2) is 30.3 Å². The number of rotatable bonds is 11. The summed E-state index contributed by atoms with van der Waals surface area (Å²) in [6.07, 6.45) is 5.07. The highest BCUT2D eigenvalue weighted by Crippen LogP contribution is 2.12. The van der Waals surface area contributed by atoms with Gasteiger partial charge in [0.05, 0.1) is 6.07 Å². The fourth-order valence-corrected chi connectivity index (χ4v) is 2.38. The number of nitriles is 1. The lowest BCUT2D eigenvalue weighted by Crippen LogP contribution is -2.40. The third-order valence-electron chi connectivity index (χ3n) is 3.63. The average Bonchev–Trinajstić information content (AvgIpc) is 2.51. The van der Waals surface area contributed by atoms with Gasteiger partial charge >= 0.3 is 0 Å². The molecule has 0 saturated carbocycles. The monoisotopic (exact) mass is 288 g/mol. The standard InChI is InChI=1S/C18H28N2O/c1-3-20-18(2,16-19)13-7-8-14-21-15-9-12-17-10-5-4-6-11-17/h4-6,10-11,20H,3,7-9,12-15H2,1-2H3. The summed E-state index contributed by atoms with van der Waals surface area (Å²) >= 11 is 0. The summed E-state index contributed by atoms with van der Waals surface area (Å²) in [5, 5.41) is 12.4. The Morgan fingerprint density at radius 1 is 1.14 bits per heavy atom. The van der Waals surface area contributed by atoms with Crippen LogP contribution in [0.1, 0.15) is 45.1 Å². The van der Waals surface area contributed by atoms with Gasteiger partial charge in [-0.15, -0.1) is 0 Å². The molecule has 116 valence electrons. The van der Waals surface area contributed by atoms with Gasteiger partial charge in [0.25, 0.3) is 0 Å². The molecule has 1 unspecified atom stereocenters. The van der Waals surface area contributed by atoms with Gasteiger partial charge in [0, 0.05) is 13.2 Å². The molecule has 0 amide bonds. The zero-order valence-corrected chi connectivity index (χ0v) is 13.4. The number of hydrogen-bond donors (Lipinski definition) is 1. The Balaban J connectivity index is 1.99. The van der Waals surface area contributed by atoms with E-state index >= 15 is 0 Å². The van der Waals surface area contributed by atoms with Crippen molar-refractivity contribution in [2.45, 2.75) is 51.5 Å². The molecule has 0 bridgehead atoms. The maximum atomic E-state index is 9.15. The van der Waals surface area contributed by atoms with Gasteiger partial charge in [0.15, 0.2) is 0 Å². The average molecular weight is 288 g/mol. The molecule has 0 aromatic heterocycles. The summed E-state index contributed by atoms with van der Waals surface area (Å²) in [6, 6.07) is 12.9. The lowest BCUT2D eigenvalue weighted by Gasteiger charge is -2.22. The van der Waals surface area contributed by atoms with Crippen LogP contribution in [0.25, 0.3) is 0 Å². The van der Waals surface area contributed by atoms with E-state index in [0.717, 1.165) is 51.9 Å². The minimum atomic E-state index is -0.387. The Morgan fingerprint density at radius 2 is 1.86 bits per heavy atom. The van der Waals surface area contributed by atoms with Crippen molar-refractivity contribution in [1.29, 1.82) is 5.26 Å². The van der Waals surface area contributed by atoms with E-state index in [4.69, 9.17) is 10.00 Å². The molecular formula is C18H28N2O. The van der Waals surface area contributed by atoms with Gasteiger partial charge in [0.2, 0.25) is 0 Å². The van der Waals surface area contributed by atoms with Crippen molar-refractivity contribution in [1.82, 2.24) is 5.32 Å². The normalized spacial score (nSPS) is 13.6. The van der Waals surface area contributed by atoms with E-state index in [1.807, 2.05) is 19.9 Å². The summed E-state index contributed by atoms with van der Waals surface area (Å²) in [5.41, 5.74) is 0.985. The van der Waals surface area contributed by atoms with Crippen molar-refractivity contribution in [3.8, 4) is 6.07 Å². The van der Waals surface area contributed by atoms with Crippen LogP contribution in [0, 0.1) is 11.3 Å². The van der Waals surface area contributed by atoms with Crippen LogP contribution >= 0.6 is 0 Å². The first-order chi connectivity index (χ1) is 10.2. The molecule has 0 fully saturated rings. The minimum absolute atomic E-state index is 0.387. The van der Waals surface area contributed by atoms with Gasteiger partial charge in [-0.3, -0.25) is 5.32 Å². The zero-order chi connectivity index (χ0) is 15.4. The third kappa shape index (κ3) is 7.84. The second kappa shape index (κ2) is 10.4. The van der Waals surface area contributed by atoms with E-state index in [2.05, 4.69) is 35.7 Å². The van der Waals surface area contributed by atoms with Crippen LogP contribution < -0.4 is 5.32 Å². The minimum Gasteiger partial charge on any atom is -0.381 e. The Morgan fingerprint density at radius 3 is 2.52 bits per heavy atom. The lowest BCUT2D eigenvalue weighted by molar-refractivity contribution is 0.126. The van der Waals surface area contributed by atoms with Crippen LogP contribution in [0.5, 0.6) is 0 Å². The molecule has 3 heteroatoms. The first-order valence-corrected chi connectivity index (χ1v) is 7.98. The van der Waals surface area contributed by atoms with E-state index in [0.29, 0.717) is 0 Å². The van der Waals surface area contributed by atoms with Crippen LogP contribution in [-0.4, -0.2) is 25.3 Å². The molecule has 1 rings (SSSR count). The van der Waals surface area contributed by atoms with Gasteiger partial charge in [-0.1, -0.05) is 37.3 Å². The molecule has 1 atom stereocenters. The highest BCUT2D eigenvalue weighted by Gasteiger charge is 2.20. The number of nitrogens with zero attached hydrogens (tertiary/aromatic N) is 1. The second-order valence-electron chi connectivity index (χ2n) is 5.63. The first kappa shape index (κ1) is 17.7. The maximum absolute atomic E-state index is 9.15. The van der Waals surface area contributed by atoms with Crippen molar-refractivity contribution < 1.29 is 4.74 Å². The van der Waals surface area contributed by atoms with Crippen molar-refractivity contribution in [2.75, 3.05) is 19.8 Å². The number of ether oxygens (including phenoxy) is 1. The molecule has 0 saturated heterocycles. The Bertz CT molecular complexity index is 413. The molecule has 3 nitrogen and oxygen atoms in total. The van der Waals surface area contributed by atoms with E-state index < -0.39 is 0 Å². The second-order valence-corrected chi connectivity index (χ2v) is 5.63. The van der Waals surface area contributed by atoms with Crippen LogP contribution in [-0.2, 0) is 11.2 Å². The molecule has 1 aromatic carbocycles. The van der Waals surface area contributed by atoms with Gasteiger partial charge in [0.1, 0.15) is 5.54 Å². The molecule has 0 spiro atoms. The van der Waals surface area contributed by atoms with Crippen molar-refractivity contribution >= 4 is 0 Å².